The van der Waals surface area contributed by atoms with Gasteiger partial charge < -0.3 is 18.9 Å². The summed E-state index contributed by atoms with van der Waals surface area (Å²) in [6, 6.07) is 15.3. The number of ketones is 2. The van der Waals surface area contributed by atoms with Gasteiger partial charge in [-0.1, -0.05) is 50.5 Å². The van der Waals surface area contributed by atoms with Crippen molar-refractivity contribution < 1.29 is 33.1 Å². The average Bonchev–Trinajstić information content (AvgIpc) is 2.96. The highest BCUT2D eigenvalue weighted by atomic mass is 31.1. The first-order valence-corrected chi connectivity index (χ1v) is 16.9. The molecule has 0 aliphatic carbocycles. The molecule has 3 aromatic carbocycles. The van der Waals surface area contributed by atoms with Gasteiger partial charge in [0, 0.05) is 11.5 Å². The largest absolute Gasteiger partial charge is 0.493 e. The third-order valence-corrected chi connectivity index (χ3v) is 8.72. The molecule has 0 heterocycles. The van der Waals surface area contributed by atoms with Crippen molar-refractivity contribution in [2.75, 3.05) is 32.6 Å². The van der Waals surface area contributed by atoms with Gasteiger partial charge in [-0.25, -0.2) is 0 Å². The second-order valence-corrected chi connectivity index (χ2v) is 13.4. The van der Waals surface area contributed by atoms with Crippen LogP contribution < -0.4 is 24.3 Å². The lowest BCUT2D eigenvalue weighted by molar-refractivity contribution is 0.0995. The summed E-state index contributed by atoms with van der Waals surface area (Å²) in [7, 11) is -2.05. The molecule has 44 heavy (non-hydrogen) atoms. The van der Waals surface area contributed by atoms with Crippen molar-refractivity contribution in [1.82, 2.24) is 0 Å². The van der Waals surface area contributed by atoms with Crippen molar-refractivity contribution in [3.05, 3.63) is 76.9 Å². The quantitative estimate of drug-likeness (QED) is 0.118. The zero-order valence-corrected chi connectivity index (χ0v) is 28.2. The summed E-state index contributed by atoms with van der Waals surface area (Å²) < 4.78 is 37.6. The molecule has 0 aliphatic heterocycles. The molecule has 8 heteroatoms. The molecule has 0 saturated heterocycles. The van der Waals surface area contributed by atoms with Crippen LogP contribution in [-0.2, 0) is 4.57 Å². The molecule has 2 unspecified atom stereocenters. The van der Waals surface area contributed by atoms with Gasteiger partial charge >= 0.3 is 7.80 Å². The summed E-state index contributed by atoms with van der Waals surface area (Å²) in [5.74, 6) is 0.533. The smallest absolute Gasteiger partial charge is 0.377 e. The maximum absolute atomic E-state index is 14.8. The molecule has 0 radical (unpaired) electrons. The van der Waals surface area contributed by atoms with Gasteiger partial charge in [-0.15, -0.1) is 0 Å². The SMILES string of the molecule is CCOc1cccc(OCC)c1C(=O)c1cccc([P+](=O)CC(C)CC(C)(C)C)c1C(=O)c1c(OCC)cccc1OCC. The van der Waals surface area contributed by atoms with Gasteiger partial charge in [-0.2, -0.15) is 0 Å². The van der Waals surface area contributed by atoms with E-state index in [9.17, 15) is 14.2 Å². The zero-order chi connectivity index (χ0) is 32.4. The predicted molar refractivity (Wildman–Crippen MR) is 176 cm³/mol. The van der Waals surface area contributed by atoms with E-state index in [4.69, 9.17) is 18.9 Å². The van der Waals surface area contributed by atoms with Crippen LogP contribution in [-0.4, -0.2) is 44.2 Å². The van der Waals surface area contributed by atoms with Crippen LogP contribution in [0.2, 0.25) is 0 Å². The van der Waals surface area contributed by atoms with Crippen LogP contribution in [0.3, 0.4) is 0 Å². The fourth-order valence-electron chi connectivity index (χ4n) is 5.50. The van der Waals surface area contributed by atoms with Crippen molar-refractivity contribution in [2.24, 2.45) is 11.3 Å². The Balaban J connectivity index is 2.33. The van der Waals surface area contributed by atoms with E-state index in [1.165, 1.54) is 0 Å². The minimum atomic E-state index is -2.05. The highest BCUT2D eigenvalue weighted by Gasteiger charge is 2.37. The van der Waals surface area contributed by atoms with Gasteiger partial charge in [0.25, 0.3) is 0 Å². The first kappa shape index (κ1) is 34.8. The molecule has 3 aromatic rings. The summed E-state index contributed by atoms with van der Waals surface area (Å²) in [5.41, 5.74) is 0.631. The summed E-state index contributed by atoms with van der Waals surface area (Å²) in [5, 5.41) is 0.331. The molecule has 0 amide bonds. The van der Waals surface area contributed by atoms with Crippen molar-refractivity contribution in [3.8, 4) is 23.0 Å². The Hall–Kier alpha value is -3.70. The van der Waals surface area contributed by atoms with Crippen molar-refractivity contribution in [2.45, 2.75) is 61.8 Å². The highest BCUT2D eigenvalue weighted by molar-refractivity contribution is 7.53. The Morgan fingerprint density at radius 1 is 0.659 bits per heavy atom. The molecule has 0 N–H and O–H groups in total. The number of carbonyl (C=O) groups is 2. The molecule has 0 fully saturated rings. The zero-order valence-electron chi connectivity index (χ0n) is 27.3. The Labute approximate surface area is 263 Å². The van der Waals surface area contributed by atoms with Crippen LogP contribution in [0.5, 0.6) is 23.0 Å². The molecule has 0 saturated carbocycles. The van der Waals surface area contributed by atoms with Gasteiger partial charge in [-0.05, 0) is 75.9 Å². The van der Waals surface area contributed by atoms with Gasteiger partial charge in [0.1, 0.15) is 34.1 Å². The maximum atomic E-state index is 14.8. The van der Waals surface area contributed by atoms with Crippen LogP contribution in [0.25, 0.3) is 0 Å². The summed E-state index contributed by atoms with van der Waals surface area (Å²) in [4.78, 5) is 29.3. The molecule has 0 aromatic heterocycles. The van der Waals surface area contributed by atoms with E-state index in [2.05, 4.69) is 27.7 Å². The molecule has 0 spiro atoms. The van der Waals surface area contributed by atoms with Gasteiger partial charge in [0.15, 0.2) is 6.16 Å². The van der Waals surface area contributed by atoms with E-state index in [1.54, 1.807) is 54.6 Å². The number of hydrogen-bond acceptors (Lipinski definition) is 7. The van der Waals surface area contributed by atoms with Crippen molar-refractivity contribution in [1.29, 1.82) is 0 Å². The van der Waals surface area contributed by atoms with Gasteiger partial charge in [0.2, 0.25) is 16.9 Å². The van der Waals surface area contributed by atoms with Crippen LogP contribution in [0, 0.1) is 11.3 Å². The normalized spacial score (nSPS) is 12.3. The Kier molecular flexibility index (Phi) is 12.5. The van der Waals surface area contributed by atoms with E-state index in [0.717, 1.165) is 6.42 Å². The molecule has 236 valence electrons. The molecular formula is C36H46O7P+. The van der Waals surface area contributed by atoms with Crippen LogP contribution in [0.4, 0.5) is 0 Å². The molecule has 0 bridgehead atoms. The summed E-state index contributed by atoms with van der Waals surface area (Å²) in [6.45, 7) is 17.2. The van der Waals surface area contributed by atoms with Crippen LogP contribution in [0.1, 0.15) is 93.7 Å². The van der Waals surface area contributed by atoms with E-state index in [-0.39, 0.29) is 33.6 Å². The first-order chi connectivity index (χ1) is 21.0. The highest BCUT2D eigenvalue weighted by Crippen LogP contribution is 2.38. The maximum Gasteiger partial charge on any atom is 0.377 e. The molecule has 7 nitrogen and oxygen atoms in total. The fourth-order valence-corrected chi connectivity index (χ4v) is 7.12. The topological polar surface area (TPSA) is 88.1 Å². The summed E-state index contributed by atoms with van der Waals surface area (Å²) in [6.07, 6.45) is 1.23. The number of ether oxygens (including phenoxy) is 4. The van der Waals surface area contributed by atoms with E-state index < -0.39 is 19.4 Å². The van der Waals surface area contributed by atoms with Gasteiger partial charge in [0.05, 0.1) is 32.0 Å². The lowest BCUT2D eigenvalue weighted by Gasteiger charge is -2.21. The summed E-state index contributed by atoms with van der Waals surface area (Å²) >= 11 is 0. The van der Waals surface area contributed by atoms with E-state index >= 15 is 0 Å². The Bertz CT molecular complexity index is 1420. The molecule has 2 atom stereocenters. The Morgan fingerprint density at radius 3 is 1.48 bits per heavy atom. The lowest BCUT2D eigenvalue weighted by Crippen LogP contribution is -2.23. The fraction of sp³-hybridized carbons (Fsp3) is 0.444. The second kappa shape index (κ2) is 15.9. The third kappa shape index (κ3) is 8.47. The number of rotatable bonds is 16. The predicted octanol–water partition coefficient (Wildman–Crippen LogP) is 8.27. The second-order valence-electron chi connectivity index (χ2n) is 11.8. The van der Waals surface area contributed by atoms with Crippen LogP contribution in [0.15, 0.2) is 54.6 Å². The standard InChI is InChI=1S/C36H46O7P/c1-9-40-26-17-14-18-27(41-10-2)32(26)34(37)25-16-13-21-30(44(39)23-24(5)22-36(6,7)8)31(25)35(38)33-28(42-11-3)19-15-20-29(33)43-12-4/h13-21,24H,9-12,22-23H2,1-8H3/q+1. The van der Waals surface area contributed by atoms with E-state index in [0.29, 0.717) is 60.9 Å². The minimum absolute atomic E-state index is 0.0492. The third-order valence-electron chi connectivity index (χ3n) is 6.85. The van der Waals surface area contributed by atoms with Crippen LogP contribution >= 0.6 is 7.80 Å². The molecule has 3 rings (SSSR count). The van der Waals surface area contributed by atoms with Crippen molar-refractivity contribution >= 4 is 24.7 Å². The average molecular weight is 622 g/mol. The van der Waals surface area contributed by atoms with Crippen molar-refractivity contribution in [3.63, 3.8) is 0 Å². The molecule has 0 aliphatic rings. The number of hydrogen-bond donors (Lipinski definition) is 0. The monoisotopic (exact) mass is 621 g/mol. The van der Waals surface area contributed by atoms with Gasteiger partial charge in [-0.3, -0.25) is 9.59 Å². The first-order valence-electron chi connectivity index (χ1n) is 15.4. The van der Waals surface area contributed by atoms with E-state index in [1.807, 2.05) is 27.7 Å². The number of carbonyl (C=O) groups excluding carboxylic acids is 2. The molecular weight excluding hydrogens is 575 g/mol. The Morgan fingerprint density at radius 2 is 1.07 bits per heavy atom. The lowest BCUT2D eigenvalue weighted by atomic mass is 9.86. The number of benzene rings is 3. The minimum Gasteiger partial charge on any atom is -0.493 e.